The van der Waals surface area contributed by atoms with Crippen LogP contribution in [0.15, 0.2) is 34.9 Å². The Morgan fingerprint density at radius 2 is 2.00 bits per heavy atom. The molecule has 0 spiro atoms. The third-order valence-electron chi connectivity index (χ3n) is 4.25. The summed E-state index contributed by atoms with van der Waals surface area (Å²) in [5, 5.41) is 9.18. The molecule has 0 radical (unpaired) electrons. The van der Waals surface area contributed by atoms with Crippen molar-refractivity contribution < 1.29 is 14.3 Å². The maximum Gasteiger partial charge on any atom is 0.209 e. The number of hydrogen-bond acceptors (Lipinski definition) is 5. The lowest BCUT2D eigenvalue weighted by Gasteiger charge is -2.29. The van der Waals surface area contributed by atoms with Gasteiger partial charge in [0.05, 0.1) is 19.9 Å². The second-order valence-corrected chi connectivity index (χ2v) is 5.75. The van der Waals surface area contributed by atoms with E-state index in [1.165, 1.54) is 0 Å². The first-order valence-electron chi connectivity index (χ1n) is 7.71. The molecular weight excluding hydrogens is 280 g/mol. The molecule has 0 saturated carbocycles. The summed E-state index contributed by atoms with van der Waals surface area (Å²) in [6, 6.07) is 7.76. The fraction of sp³-hybridized carbons (Fsp3) is 0.471. The van der Waals surface area contributed by atoms with E-state index in [9.17, 15) is 5.11 Å². The Labute approximate surface area is 130 Å². The first kappa shape index (κ1) is 15.1. The zero-order valence-electron chi connectivity index (χ0n) is 12.9. The molecule has 0 bridgehead atoms. The molecular formula is C17H22N2O3. The summed E-state index contributed by atoms with van der Waals surface area (Å²) in [5.41, 5.74) is 0.999. The SMILES string of the molecule is COc1ccc(-c2cnc(CN3CCC(CO)CC3)o2)cc1. The van der Waals surface area contributed by atoms with Crippen LogP contribution in [0.1, 0.15) is 18.7 Å². The molecule has 2 aromatic rings. The number of benzene rings is 1. The van der Waals surface area contributed by atoms with Gasteiger partial charge in [0.25, 0.3) is 0 Å². The summed E-state index contributed by atoms with van der Waals surface area (Å²) in [4.78, 5) is 6.71. The fourth-order valence-corrected chi connectivity index (χ4v) is 2.79. The quantitative estimate of drug-likeness (QED) is 0.920. The van der Waals surface area contributed by atoms with Crippen molar-refractivity contribution in [3.05, 3.63) is 36.4 Å². The highest BCUT2D eigenvalue weighted by Crippen LogP contribution is 2.24. The van der Waals surface area contributed by atoms with Gasteiger partial charge in [0.15, 0.2) is 5.76 Å². The van der Waals surface area contributed by atoms with E-state index in [1.807, 2.05) is 24.3 Å². The van der Waals surface area contributed by atoms with E-state index in [2.05, 4.69) is 9.88 Å². The molecule has 118 valence electrons. The molecule has 5 nitrogen and oxygen atoms in total. The van der Waals surface area contributed by atoms with Crippen molar-refractivity contribution >= 4 is 0 Å². The van der Waals surface area contributed by atoms with Gasteiger partial charge in [-0.05, 0) is 56.1 Å². The normalized spacial score (nSPS) is 16.8. The van der Waals surface area contributed by atoms with E-state index < -0.39 is 0 Å². The number of ether oxygens (including phenoxy) is 1. The van der Waals surface area contributed by atoms with Crippen molar-refractivity contribution in [2.75, 3.05) is 26.8 Å². The molecule has 1 aromatic carbocycles. The van der Waals surface area contributed by atoms with Crippen LogP contribution in [-0.2, 0) is 6.54 Å². The molecule has 1 N–H and O–H groups in total. The van der Waals surface area contributed by atoms with Crippen molar-refractivity contribution in [3.63, 3.8) is 0 Å². The highest BCUT2D eigenvalue weighted by Gasteiger charge is 2.20. The van der Waals surface area contributed by atoms with Crippen molar-refractivity contribution in [1.82, 2.24) is 9.88 Å². The average Bonchev–Trinajstić information content (AvgIpc) is 3.04. The highest BCUT2D eigenvalue weighted by molar-refractivity contribution is 5.57. The number of likely N-dealkylation sites (tertiary alicyclic amines) is 1. The number of aliphatic hydroxyl groups is 1. The minimum absolute atomic E-state index is 0.300. The van der Waals surface area contributed by atoms with E-state index in [1.54, 1.807) is 13.3 Å². The van der Waals surface area contributed by atoms with Crippen molar-refractivity contribution in [2.24, 2.45) is 5.92 Å². The number of hydrogen-bond donors (Lipinski definition) is 1. The van der Waals surface area contributed by atoms with Gasteiger partial charge in [0.2, 0.25) is 5.89 Å². The number of oxazole rings is 1. The van der Waals surface area contributed by atoms with E-state index in [-0.39, 0.29) is 0 Å². The molecule has 1 aliphatic rings. The molecule has 1 aromatic heterocycles. The van der Waals surface area contributed by atoms with Crippen LogP contribution in [-0.4, -0.2) is 41.8 Å². The Hall–Kier alpha value is -1.85. The highest BCUT2D eigenvalue weighted by atomic mass is 16.5. The lowest BCUT2D eigenvalue weighted by atomic mass is 9.98. The van der Waals surface area contributed by atoms with Crippen molar-refractivity contribution in [2.45, 2.75) is 19.4 Å². The van der Waals surface area contributed by atoms with Crippen LogP contribution >= 0.6 is 0 Å². The van der Waals surface area contributed by atoms with Gasteiger partial charge in [-0.25, -0.2) is 4.98 Å². The Bertz CT molecular complexity index is 586. The number of aromatic nitrogens is 1. The number of aliphatic hydroxyl groups excluding tert-OH is 1. The van der Waals surface area contributed by atoms with E-state index in [0.717, 1.165) is 55.4 Å². The average molecular weight is 302 g/mol. The zero-order valence-corrected chi connectivity index (χ0v) is 12.9. The number of methoxy groups -OCH3 is 1. The van der Waals surface area contributed by atoms with Gasteiger partial charge in [-0.15, -0.1) is 0 Å². The van der Waals surface area contributed by atoms with Crippen LogP contribution in [0.2, 0.25) is 0 Å². The maximum atomic E-state index is 9.18. The molecule has 0 amide bonds. The molecule has 2 heterocycles. The first-order chi connectivity index (χ1) is 10.8. The van der Waals surface area contributed by atoms with Crippen LogP contribution < -0.4 is 4.74 Å². The van der Waals surface area contributed by atoms with Crippen LogP contribution in [0.4, 0.5) is 0 Å². The van der Waals surface area contributed by atoms with Crippen molar-refractivity contribution in [1.29, 1.82) is 0 Å². The van der Waals surface area contributed by atoms with E-state index in [4.69, 9.17) is 9.15 Å². The molecule has 3 rings (SSSR count). The minimum atomic E-state index is 0.300. The topological polar surface area (TPSA) is 58.7 Å². The molecule has 22 heavy (non-hydrogen) atoms. The van der Waals surface area contributed by atoms with Crippen molar-refractivity contribution in [3.8, 4) is 17.1 Å². The summed E-state index contributed by atoms with van der Waals surface area (Å²) in [6.45, 7) is 3.01. The van der Waals surface area contributed by atoms with Gasteiger partial charge in [-0.3, -0.25) is 4.90 Å². The maximum absolute atomic E-state index is 9.18. The standard InChI is InChI=1S/C17H22N2O3/c1-21-15-4-2-14(3-5-15)16-10-18-17(22-16)11-19-8-6-13(12-20)7-9-19/h2-5,10,13,20H,6-9,11-12H2,1H3. The Morgan fingerprint density at radius 1 is 1.27 bits per heavy atom. The van der Waals surface area contributed by atoms with E-state index in [0.29, 0.717) is 12.5 Å². The third kappa shape index (κ3) is 3.48. The second kappa shape index (κ2) is 6.94. The van der Waals surface area contributed by atoms with Crippen LogP contribution in [0.25, 0.3) is 11.3 Å². The van der Waals surface area contributed by atoms with E-state index >= 15 is 0 Å². The second-order valence-electron chi connectivity index (χ2n) is 5.75. The van der Waals surface area contributed by atoms with Gasteiger partial charge in [0.1, 0.15) is 5.75 Å². The fourth-order valence-electron chi connectivity index (χ4n) is 2.79. The molecule has 1 aliphatic heterocycles. The van der Waals surface area contributed by atoms with Gasteiger partial charge >= 0.3 is 0 Å². The molecule has 1 saturated heterocycles. The lowest BCUT2D eigenvalue weighted by Crippen LogP contribution is -2.34. The Morgan fingerprint density at radius 3 is 2.64 bits per heavy atom. The molecule has 1 fully saturated rings. The van der Waals surface area contributed by atoms with Crippen LogP contribution in [0, 0.1) is 5.92 Å². The Balaban J connectivity index is 1.61. The molecule has 0 unspecified atom stereocenters. The van der Waals surface area contributed by atoms with Gasteiger partial charge in [0, 0.05) is 12.2 Å². The lowest BCUT2D eigenvalue weighted by molar-refractivity contribution is 0.121. The summed E-state index contributed by atoms with van der Waals surface area (Å²) >= 11 is 0. The summed E-state index contributed by atoms with van der Waals surface area (Å²) in [6.07, 6.45) is 3.86. The Kier molecular flexibility index (Phi) is 4.75. The first-order valence-corrected chi connectivity index (χ1v) is 7.71. The van der Waals surface area contributed by atoms with Gasteiger partial charge in [-0.2, -0.15) is 0 Å². The van der Waals surface area contributed by atoms with Crippen LogP contribution in [0.3, 0.4) is 0 Å². The third-order valence-corrected chi connectivity index (χ3v) is 4.25. The number of piperidine rings is 1. The molecule has 0 atom stereocenters. The summed E-state index contributed by atoms with van der Waals surface area (Å²) < 4.78 is 11.0. The monoisotopic (exact) mass is 302 g/mol. The molecule has 5 heteroatoms. The molecule has 0 aliphatic carbocycles. The smallest absolute Gasteiger partial charge is 0.209 e. The number of rotatable bonds is 5. The summed E-state index contributed by atoms with van der Waals surface area (Å²) in [7, 11) is 1.65. The minimum Gasteiger partial charge on any atom is -0.497 e. The zero-order chi connectivity index (χ0) is 15.4. The van der Waals surface area contributed by atoms with Gasteiger partial charge < -0.3 is 14.3 Å². The summed E-state index contributed by atoms with van der Waals surface area (Å²) in [5.74, 6) is 2.81. The van der Waals surface area contributed by atoms with Gasteiger partial charge in [-0.1, -0.05) is 0 Å². The largest absolute Gasteiger partial charge is 0.497 e. The predicted octanol–water partition coefficient (Wildman–Crippen LogP) is 2.55. The van der Waals surface area contributed by atoms with Crippen LogP contribution in [0.5, 0.6) is 5.75 Å². The predicted molar refractivity (Wildman–Crippen MR) is 83.6 cm³/mol. The number of nitrogens with zero attached hydrogens (tertiary/aromatic N) is 2.